The van der Waals surface area contributed by atoms with E-state index in [0.29, 0.717) is 6.61 Å². The normalized spacial score (nSPS) is 16.8. The van der Waals surface area contributed by atoms with Crippen molar-refractivity contribution in [3.8, 4) is 0 Å². The highest BCUT2D eigenvalue weighted by atomic mass is 16.7. The molecule has 4 nitrogen and oxygen atoms in total. The van der Waals surface area contributed by atoms with Gasteiger partial charge in [-0.1, -0.05) is 12.2 Å². The Labute approximate surface area is 64.5 Å². The molecule has 0 fully saturated rings. The lowest BCUT2D eigenvalue weighted by Gasteiger charge is -1.98. The average Bonchev–Trinajstić information content (AvgIpc) is 2.37. The van der Waals surface area contributed by atoms with E-state index in [1.165, 1.54) is 0 Å². The van der Waals surface area contributed by atoms with Gasteiger partial charge in [-0.15, -0.1) is 0 Å². The smallest absolute Gasteiger partial charge is 0.392 e. The molecule has 11 heavy (non-hydrogen) atoms. The molecule has 0 amide bonds. The number of aliphatic imine (C=N–C) groups is 1. The quantitative estimate of drug-likeness (QED) is 0.430. The molecule has 0 N–H and O–H groups in total. The highest BCUT2D eigenvalue weighted by Crippen LogP contribution is 1.97. The second-order valence-corrected chi connectivity index (χ2v) is 1.94. The van der Waals surface area contributed by atoms with Gasteiger partial charge in [0.25, 0.3) is 0 Å². The number of cyclic esters (lactones) is 1. The van der Waals surface area contributed by atoms with E-state index >= 15 is 0 Å². The third-order valence-electron chi connectivity index (χ3n) is 1.08. The number of hydrogen-bond acceptors (Lipinski definition) is 4. The maximum absolute atomic E-state index is 10.5. The number of carbonyl (C=O) groups is 1. The molecule has 0 atom stereocenters. The van der Waals surface area contributed by atoms with Gasteiger partial charge in [-0.05, 0) is 6.92 Å². The molecule has 1 aliphatic rings. The van der Waals surface area contributed by atoms with Crippen LogP contribution in [0, 0.1) is 0 Å². The van der Waals surface area contributed by atoms with Crippen molar-refractivity contribution in [2.45, 2.75) is 6.92 Å². The molecule has 0 aliphatic carbocycles. The van der Waals surface area contributed by atoms with Gasteiger partial charge in [0.05, 0.1) is 0 Å². The molecular weight excluding hydrogens is 146 g/mol. The lowest BCUT2D eigenvalue weighted by molar-refractivity contribution is -0.133. The molecule has 1 heterocycles. The molecule has 0 spiro atoms. The van der Waals surface area contributed by atoms with Crippen molar-refractivity contribution in [3.63, 3.8) is 0 Å². The number of esters is 1. The molecule has 60 valence electrons. The fourth-order valence-corrected chi connectivity index (χ4v) is 0.582. The van der Waals surface area contributed by atoms with Crippen LogP contribution in [0.4, 0.5) is 0 Å². The molecule has 0 aromatic rings. The van der Waals surface area contributed by atoms with Gasteiger partial charge in [0.2, 0.25) is 0 Å². The van der Waals surface area contributed by atoms with Crippen LogP contribution in [0.2, 0.25) is 0 Å². The first-order valence-electron chi connectivity index (χ1n) is 3.32. The molecule has 4 heteroatoms. The van der Waals surface area contributed by atoms with E-state index in [2.05, 4.69) is 9.73 Å². The van der Waals surface area contributed by atoms with Crippen LogP contribution in [-0.4, -0.2) is 25.2 Å². The molecule has 0 radical (unpaired) electrons. The maximum Gasteiger partial charge on any atom is 0.392 e. The Morgan fingerprint density at radius 3 is 3.18 bits per heavy atom. The van der Waals surface area contributed by atoms with Gasteiger partial charge in [-0.2, -0.15) is 0 Å². The minimum atomic E-state index is -0.361. The summed E-state index contributed by atoms with van der Waals surface area (Å²) >= 11 is 0. The van der Waals surface area contributed by atoms with E-state index in [0.717, 1.165) is 0 Å². The molecule has 0 saturated heterocycles. The van der Waals surface area contributed by atoms with Gasteiger partial charge in [-0.3, -0.25) is 0 Å². The maximum atomic E-state index is 10.5. The monoisotopic (exact) mass is 155 g/mol. The summed E-state index contributed by atoms with van der Waals surface area (Å²) in [6.45, 7) is 2.35. The molecule has 0 saturated carbocycles. The molecule has 1 rings (SSSR count). The van der Waals surface area contributed by atoms with Crippen molar-refractivity contribution >= 4 is 12.1 Å². The summed E-state index contributed by atoms with van der Waals surface area (Å²) in [5.74, 6) is -0.361. The lowest BCUT2D eigenvalue weighted by Crippen LogP contribution is -2.08. The minimum absolute atomic E-state index is 0.0746. The Morgan fingerprint density at radius 1 is 1.82 bits per heavy atom. The van der Waals surface area contributed by atoms with E-state index in [1.54, 1.807) is 6.08 Å². The standard InChI is InChI=1S/C7H9NO3/c1-2-3-4-10-7-8-5-6(9)11-7/h2-3H,4-5H2,1H3. The molecule has 0 aromatic carbocycles. The van der Waals surface area contributed by atoms with E-state index in [1.807, 2.05) is 13.0 Å². The van der Waals surface area contributed by atoms with Crippen LogP contribution in [0.1, 0.15) is 6.92 Å². The van der Waals surface area contributed by atoms with Crippen LogP contribution in [0.15, 0.2) is 17.1 Å². The van der Waals surface area contributed by atoms with Gasteiger partial charge >= 0.3 is 12.1 Å². The lowest BCUT2D eigenvalue weighted by atomic mass is 10.6. The summed E-state index contributed by atoms with van der Waals surface area (Å²) in [4.78, 5) is 14.1. The number of ether oxygens (including phenoxy) is 2. The van der Waals surface area contributed by atoms with E-state index in [9.17, 15) is 4.79 Å². The Hall–Kier alpha value is -1.32. The Morgan fingerprint density at radius 2 is 2.64 bits per heavy atom. The molecule has 0 aromatic heterocycles. The van der Waals surface area contributed by atoms with Crippen molar-refractivity contribution in [3.05, 3.63) is 12.2 Å². The third-order valence-corrected chi connectivity index (χ3v) is 1.08. The van der Waals surface area contributed by atoms with Crippen molar-refractivity contribution in [1.82, 2.24) is 0 Å². The van der Waals surface area contributed by atoms with Gasteiger partial charge < -0.3 is 9.47 Å². The highest BCUT2D eigenvalue weighted by Gasteiger charge is 2.16. The number of nitrogens with zero attached hydrogens (tertiary/aromatic N) is 1. The van der Waals surface area contributed by atoms with Crippen LogP contribution in [0.25, 0.3) is 0 Å². The van der Waals surface area contributed by atoms with Crippen LogP contribution in [0.5, 0.6) is 0 Å². The fraction of sp³-hybridized carbons (Fsp3) is 0.429. The van der Waals surface area contributed by atoms with Gasteiger partial charge in [0.15, 0.2) is 0 Å². The zero-order chi connectivity index (χ0) is 8.10. The largest absolute Gasteiger partial charge is 0.446 e. The van der Waals surface area contributed by atoms with Crippen LogP contribution in [0.3, 0.4) is 0 Å². The van der Waals surface area contributed by atoms with Crippen LogP contribution in [-0.2, 0) is 14.3 Å². The fourth-order valence-electron chi connectivity index (χ4n) is 0.582. The summed E-state index contributed by atoms with van der Waals surface area (Å²) in [6, 6.07) is 0. The summed E-state index contributed by atoms with van der Waals surface area (Å²) in [6.07, 6.45) is 3.72. The SMILES string of the molecule is CC=CCOC1=NCC(=O)O1. The zero-order valence-corrected chi connectivity index (χ0v) is 6.24. The Bertz CT molecular complexity index is 208. The van der Waals surface area contributed by atoms with Crippen molar-refractivity contribution in [1.29, 1.82) is 0 Å². The number of hydrogen-bond donors (Lipinski definition) is 0. The second-order valence-electron chi connectivity index (χ2n) is 1.94. The van der Waals surface area contributed by atoms with E-state index in [4.69, 9.17) is 4.74 Å². The van der Waals surface area contributed by atoms with E-state index < -0.39 is 0 Å². The summed E-state index contributed by atoms with van der Waals surface area (Å²) < 4.78 is 9.50. The molecule has 0 bridgehead atoms. The van der Waals surface area contributed by atoms with Gasteiger partial charge in [0, 0.05) is 0 Å². The Balaban J connectivity index is 2.23. The minimum Gasteiger partial charge on any atom is -0.446 e. The van der Waals surface area contributed by atoms with Crippen molar-refractivity contribution < 1.29 is 14.3 Å². The van der Waals surface area contributed by atoms with Gasteiger partial charge in [0.1, 0.15) is 13.2 Å². The number of rotatable bonds is 2. The van der Waals surface area contributed by atoms with Crippen molar-refractivity contribution in [2.75, 3.05) is 13.2 Å². The predicted octanol–water partition coefficient (Wildman–Crippen LogP) is 0.492. The second kappa shape index (κ2) is 3.75. The first-order chi connectivity index (χ1) is 5.33. The van der Waals surface area contributed by atoms with Gasteiger partial charge in [-0.25, -0.2) is 9.79 Å². The van der Waals surface area contributed by atoms with E-state index in [-0.39, 0.29) is 18.6 Å². The average molecular weight is 155 g/mol. The molecule has 1 aliphatic heterocycles. The zero-order valence-electron chi connectivity index (χ0n) is 6.24. The molecule has 0 unspecified atom stereocenters. The first-order valence-corrected chi connectivity index (χ1v) is 3.32. The number of allylic oxidation sites excluding steroid dienone is 1. The number of carbonyl (C=O) groups excluding carboxylic acids is 1. The predicted molar refractivity (Wildman–Crippen MR) is 39.2 cm³/mol. The van der Waals surface area contributed by atoms with Crippen LogP contribution >= 0.6 is 0 Å². The van der Waals surface area contributed by atoms with Crippen LogP contribution < -0.4 is 0 Å². The summed E-state index contributed by atoms with van der Waals surface area (Å²) in [5, 5.41) is 0. The topological polar surface area (TPSA) is 47.9 Å². The summed E-state index contributed by atoms with van der Waals surface area (Å²) in [5.41, 5.74) is 0. The molecular formula is C7H9NO3. The highest BCUT2D eigenvalue weighted by molar-refractivity contribution is 5.91. The summed E-state index contributed by atoms with van der Waals surface area (Å²) in [7, 11) is 0. The third kappa shape index (κ3) is 2.41. The first kappa shape index (κ1) is 7.78. The Kier molecular flexibility index (Phi) is 2.66. The van der Waals surface area contributed by atoms with Crippen molar-refractivity contribution in [2.24, 2.45) is 4.99 Å².